The van der Waals surface area contributed by atoms with Crippen LogP contribution in [0.1, 0.15) is 15.9 Å². The third-order valence-corrected chi connectivity index (χ3v) is 3.45. The molecule has 0 aliphatic carbocycles. The SMILES string of the molecule is COc1ccc(C(=O)Nc2ccccc2CBr)cc1O. The number of amides is 1. The lowest BCUT2D eigenvalue weighted by Gasteiger charge is -2.10. The minimum atomic E-state index is -0.281. The minimum Gasteiger partial charge on any atom is -0.504 e. The molecule has 0 spiro atoms. The van der Waals surface area contributed by atoms with Crippen molar-refractivity contribution in [2.24, 2.45) is 0 Å². The average Bonchev–Trinajstić information content (AvgIpc) is 2.47. The van der Waals surface area contributed by atoms with Crippen molar-refractivity contribution in [3.05, 3.63) is 53.6 Å². The number of anilines is 1. The fourth-order valence-corrected chi connectivity index (χ4v) is 2.27. The number of hydrogen-bond donors (Lipinski definition) is 2. The van der Waals surface area contributed by atoms with Gasteiger partial charge >= 0.3 is 0 Å². The van der Waals surface area contributed by atoms with Crippen LogP contribution in [0.3, 0.4) is 0 Å². The van der Waals surface area contributed by atoms with Crippen LogP contribution in [0.15, 0.2) is 42.5 Å². The van der Waals surface area contributed by atoms with E-state index in [1.165, 1.54) is 13.2 Å². The van der Waals surface area contributed by atoms with Gasteiger partial charge in [-0.15, -0.1) is 0 Å². The molecule has 0 saturated carbocycles. The number of halogens is 1. The summed E-state index contributed by atoms with van der Waals surface area (Å²) in [5, 5.41) is 13.2. The molecule has 0 unspecified atom stereocenters. The Morgan fingerprint density at radius 1 is 1.30 bits per heavy atom. The summed E-state index contributed by atoms with van der Waals surface area (Å²) in [6.45, 7) is 0. The van der Waals surface area contributed by atoms with Crippen molar-refractivity contribution in [1.29, 1.82) is 0 Å². The van der Waals surface area contributed by atoms with Crippen LogP contribution in [0.4, 0.5) is 5.69 Å². The van der Waals surface area contributed by atoms with Crippen molar-refractivity contribution in [3.63, 3.8) is 0 Å². The Kier molecular flexibility index (Phi) is 4.63. The molecule has 20 heavy (non-hydrogen) atoms. The fourth-order valence-electron chi connectivity index (χ4n) is 1.78. The van der Waals surface area contributed by atoms with Crippen LogP contribution < -0.4 is 10.1 Å². The molecule has 2 rings (SSSR count). The largest absolute Gasteiger partial charge is 0.504 e. The van der Waals surface area contributed by atoms with Gasteiger partial charge in [0.2, 0.25) is 0 Å². The zero-order valence-electron chi connectivity index (χ0n) is 10.9. The summed E-state index contributed by atoms with van der Waals surface area (Å²) >= 11 is 3.38. The Morgan fingerprint density at radius 2 is 2.05 bits per heavy atom. The van der Waals surface area contributed by atoms with Crippen molar-refractivity contribution in [2.45, 2.75) is 5.33 Å². The molecule has 104 valence electrons. The Labute approximate surface area is 125 Å². The van der Waals surface area contributed by atoms with Crippen molar-refractivity contribution >= 4 is 27.5 Å². The molecule has 0 bridgehead atoms. The average molecular weight is 336 g/mol. The topological polar surface area (TPSA) is 58.6 Å². The number of carbonyl (C=O) groups is 1. The number of carbonyl (C=O) groups excluding carboxylic acids is 1. The molecule has 2 aromatic rings. The maximum absolute atomic E-state index is 12.2. The maximum Gasteiger partial charge on any atom is 0.255 e. The number of ether oxygens (including phenoxy) is 1. The van der Waals surface area contributed by atoms with Crippen LogP contribution >= 0.6 is 15.9 Å². The molecule has 0 radical (unpaired) electrons. The molecule has 0 heterocycles. The molecule has 0 aliphatic heterocycles. The van der Waals surface area contributed by atoms with Crippen LogP contribution in [0.5, 0.6) is 11.5 Å². The number of phenolic OH excluding ortho intramolecular Hbond substituents is 1. The second kappa shape index (κ2) is 6.43. The van der Waals surface area contributed by atoms with E-state index >= 15 is 0 Å². The van der Waals surface area contributed by atoms with E-state index in [9.17, 15) is 9.90 Å². The Balaban J connectivity index is 2.22. The number of hydrogen-bond acceptors (Lipinski definition) is 3. The first kappa shape index (κ1) is 14.4. The highest BCUT2D eigenvalue weighted by Crippen LogP contribution is 2.27. The number of methoxy groups -OCH3 is 1. The molecule has 0 saturated heterocycles. The molecule has 4 nitrogen and oxygen atoms in total. The first-order valence-electron chi connectivity index (χ1n) is 5.98. The molecule has 0 atom stereocenters. The van der Waals surface area contributed by atoms with E-state index in [1.807, 2.05) is 24.3 Å². The predicted octanol–water partition coefficient (Wildman–Crippen LogP) is 3.55. The Hall–Kier alpha value is -2.01. The lowest BCUT2D eigenvalue weighted by Crippen LogP contribution is -2.13. The van der Waals surface area contributed by atoms with Gasteiger partial charge in [0.1, 0.15) is 0 Å². The molecular weight excluding hydrogens is 322 g/mol. The van der Waals surface area contributed by atoms with Gasteiger partial charge in [0.05, 0.1) is 7.11 Å². The van der Waals surface area contributed by atoms with Crippen molar-refractivity contribution in [3.8, 4) is 11.5 Å². The molecule has 2 aromatic carbocycles. The van der Waals surface area contributed by atoms with Gasteiger partial charge in [-0.3, -0.25) is 4.79 Å². The third-order valence-electron chi connectivity index (χ3n) is 2.85. The minimum absolute atomic E-state index is 0.0612. The van der Waals surface area contributed by atoms with E-state index in [-0.39, 0.29) is 11.7 Å². The van der Waals surface area contributed by atoms with E-state index in [0.29, 0.717) is 16.6 Å². The highest BCUT2D eigenvalue weighted by atomic mass is 79.9. The number of para-hydroxylation sites is 1. The quantitative estimate of drug-likeness (QED) is 0.840. The predicted molar refractivity (Wildman–Crippen MR) is 81.7 cm³/mol. The molecule has 5 heteroatoms. The zero-order valence-corrected chi connectivity index (χ0v) is 12.5. The standard InChI is InChI=1S/C15H14BrNO3/c1-20-14-7-6-10(8-13(14)18)15(19)17-12-5-3-2-4-11(12)9-16/h2-8,18H,9H2,1H3,(H,17,19). The number of nitrogens with one attached hydrogen (secondary N) is 1. The number of alkyl halides is 1. The molecular formula is C15H14BrNO3. The second-order valence-electron chi connectivity index (χ2n) is 4.13. The summed E-state index contributed by atoms with van der Waals surface area (Å²) in [5.41, 5.74) is 2.09. The van der Waals surface area contributed by atoms with Crippen LogP contribution in [0.25, 0.3) is 0 Å². The number of aromatic hydroxyl groups is 1. The molecule has 0 fully saturated rings. The van der Waals surface area contributed by atoms with Gasteiger partial charge < -0.3 is 15.2 Å². The summed E-state index contributed by atoms with van der Waals surface area (Å²) in [6, 6.07) is 12.1. The van der Waals surface area contributed by atoms with Crippen LogP contribution in [-0.2, 0) is 5.33 Å². The van der Waals surface area contributed by atoms with E-state index in [4.69, 9.17) is 4.74 Å². The van der Waals surface area contributed by atoms with Crippen LogP contribution in [0, 0.1) is 0 Å². The van der Waals surface area contributed by atoms with Gasteiger partial charge in [-0.25, -0.2) is 0 Å². The maximum atomic E-state index is 12.2. The van der Waals surface area contributed by atoms with Gasteiger partial charge in [-0.2, -0.15) is 0 Å². The summed E-state index contributed by atoms with van der Waals surface area (Å²) in [5.74, 6) is -0.00677. The van der Waals surface area contributed by atoms with E-state index in [0.717, 1.165) is 11.3 Å². The summed E-state index contributed by atoms with van der Waals surface area (Å²) < 4.78 is 4.95. The van der Waals surface area contributed by atoms with E-state index < -0.39 is 0 Å². The highest BCUT2D eigenvalue weighted by Gasteiger charge is 2.11. The molecule has 2 N–H and O–H groups in total. The first-order chi connectivity index (χ1) is 9.65. The lowest BCUT2D eigenvalue weighted by molar-refractivity contribution is 0.102. The van der Waals surface area contributed by atoms with Gasteiger partial charge in [-0.1, -0.05) is 34.1 Å². The van der Waals surface area contributed by atoms with Crippen molar-refractivity contribution < 1.29 is 14.6 Å². The highest BCUT2D eigenvalue weighted by molar-refractivity contribution is 9.08. The summed E-state index contributed by atoms with van der Waals surface area (Å²) in [7, 11) is 1.46. The van der Waals surface area contributed by atoms with E-state index in [1.54, 1.807) is 12.1 Å². The van der Waals surface area contributed by atoms with Crippen LogP contribution in [0.2, 0.25) is 0 Å². The number of rotatable bonds is 4. The third kappa shape index (κ3) is 3.11. The molecule has 1 amide bonds. The normalized spacial score (nSPS) is 10.1. The smallest absolute Gasteiger partial charge is 0.255 e. The summed E-state index contributed by atoms with van der Waals surface area (Å²) in [4.78, 5) is 12.2. The van der Waals surface area contributed by atoms with Crippen molar-refractivity contribution in [2.75, 3.05) is 12.4 Å². The Morgan fingerprint density at radius 3 is 2.70 bits per heavy atom. The van der Waals surface area contributed by atoms with Crippen molar-refractivity contribution in [1.82, 2.24) is 0 Å². The fraction of sp³-hybridized carbons (Fsp3) is 0.133. The molecule has 0 aliphatic rings. The Bertz CT molecular complexity index is 628. The van der Waals surface area contributed by atoms with Gasteiger partial charge in [0, 0.05) is 16.6 Å². The number of phenols is 1. The van der Waals surface area contributed by atoms with Gasteiger partial charge in [-0.05, 0) is 29.8 Å². The van der Waals surface area contributed by atoms with Crippen LogP contribution in [-0.4, -0.2) is 18.1 Å². The van der Waals surface area contributed by atoms with Gasteiger partial charge in [0.25, 0.3) is 5.91 Å². The second-order valence-corrected chi connectivity index (χ2v) is 4.69. The first-order valence-corrected chi connectivity index (χ1v) is 7.10. The lowest BCUT2D eigenvalue weighted by atomic mass is 10.1. The molecule has 0 aromatic heterocycles. The van der Waals surface area contributed by atoms with Gasteiger partial charge in [0.15, 0.2) is 11.5 Å². The monoisotopic (exact) mass is 335 g/mol. The zero-order chi connectivity index (χ0) is 14.5. The van der Waals surface area contributed by atoms with E-state index in [2.05, 4.69) is 21.2 Å². The summed E-state index contributed by atoms with van der Waals surface area (Å²) in [6.07, 6.45) is 0. The number of benzene rings is 2.